The lowest BCUT2D eigenvalue weighted by molar-refractivity contribution is -0.376. The number of piperazine rings is 1. The molecule has 5 nitrogen and oxygen atoms in total. The summed E-state index contributed by atoms with van der Waals surface area (Å²) in [5, 5.41) is 9.45. The van der Waals surface area contributed by atoms with Crippen molar-refractivity contribution >= 4 is 11.6 Å². The van der Waals surface area contributed by atoms with Crippen molar-refractivity contribution in [1.29, 1.82) is 0 Å². The Morgan fingerprint density at radius 3 is 1.81 bits per heavy atom. The van der Waals surface area contributed by atoms with Gasteiger partial charge >= 0.3 is 12.4 Å². The van der Waals surface area contributed by atoms with Gasteiger partial charge in [-0.05, 0) is 29.8 Å². The SMILES string of the molecule is Nc1ccc(C(=O)N2CCN(Cc3ccc(C(O)(C(F)(F)F)C(F)(F)F)cc3)CC2)cc1. The zero-order valence-corrected chi connectivity index (χ0v) is 16.7. The Morgan fingerprint density at radius 1 is 0.844 bits per heavy atom. The number of nitrogens with two attached hydrogens (primary N) is 1. The fourth-order valence-electron chi connectivity index (χ4n) is 3.51. The number of anilines is 1. The van der Waals surface area contributed by atoms with Crippen LogP contribution in [0.5, 0.6) is 0 Å². The first-order valence-electron chi connectivity index (χ1n) is 9.65. The molecule has 0 aromatic heterocycles. The molecule has 32 heavy (non-hydrogen) atoms. The van der Waals surface area contributed by atoms with E-state index in [1.54, 1.807) is 29.2 Å². The molecule has 1 saturated heterocycles. The lowest BCUT2D eigenvalue weighted by Gasteiger charge is -2.35. The largest absolute Gasteiger partial charge is 0.430 e. The summed E-state index contributed by atoms with van der Waals surface area (Å²) in [6.07, 6.45) is -11.8. The highest BCUT2D eigenvalue weighted by molar-refractivity contribution is 5.94. The van der Waals surface area contributed by atoms with Gasteiger partial charge in [0.15, 0.2) is 0 Å². The summed E-state index contributed by atoms with van der Waals surface area (Å²) in [4.78, 5) is 16.1. The summed E-state index contributed by atoms with van der Waals surface area (Å²) in [7, 11) is 0. The predicted octanol–water partition coefficient (Wildman–Crippen LogP) is 3.54. The van der Waals surface area contributed by atoms with Gasteiger partial charge in [0.05, 0.1) is 0 Å². The first-order valence-corrected chi connectivity index (χ1v) is 9.65. The van der Waals surface area contributed by atoms with Gasteiger partial charge in [0, 0.05) is 49.5 Å². The number of nitrogen functional groups attached to an aromatic ring is 1. The van der Waals surface area contributed by atoms with Crippen LogP contribution >= 0.6 is 0 Å². The van der Waals surface area contributed by atoms with Gasteiger partial charge in [-0.2, -0.15) is 26.3 Å². The van der Waals surface area contributed by atoms with E-state index in [-0.39, 0.29) is 12.5 Å². The fourth-order valence-corrected chi connectivity index (χ4v) is 3.51. The summed E-state index contributed by atoms with van der Waals surface area (Å²) >= 11 is 0. The Kier molecular flexibility index (Phi) is 6.43. The molecule has 1 aliphatic rings. The average molecular weight is 461 g/mol. The third-order valence-corrected chi connectivity index (χ3v) is 5.42. The number of nitrogens with zero attached hydrogens (tertiary/aromatic N) is 2. The summed E-state index contributed by atoms with van der Waals surface area (Å²) < 4.78 is 77.9. The molecule has 174 valence electrons. The van der Waals surface area contributed by atoms with Crippen molar-refractivity contribution in [2.24, 2.45) is 0 Å². The molecule has 0 atom stereocenters. The molecule has 1 fully saturated rings. The Labute approximate surface area is 180 Å². The van der Waals surface area contributed by atoms with Crippen molar-refractivity contribution in [2.75, 3.05) is 31.9 Å². The molecule has 0 radical (unpaired) electrons. The summed E-state index contributed by atoms with van der Waals surface area (Å²) in [5.74, 6) is -0.146. The van der Waals surface area contributed by atoms with Gasteiger partial charge in [0.2, 0.25) is 0 Å². The number of hydrogen-bond donors (Lipinski definition) is 2. The second kappa shape index (κ2) is 8.62. The van der Waals surface area contributed by atoms with Crippen LogP contribution in [0, 0.1) is 0 Å². The first kappa shape index (κ1) is 23.9. The van der Waals surface area contributed by atoms with Crippen LogP contribution in [0.2, 0.25) is 0 Å². The highest BCUT2D eigenvalue weighted by atomic mass is 19.4. The van der Waals surface area contributed by atoms with E-state index in [0.717, 1.165) is 12.1 Å². The molecule has 2 aromatic carbocycles. The highest BCUT2D eigenvalue weighted by Gasteiger charge is 2.71. The van der Waals surface area contributed by atoms with Gasteiger partial charge in [-0.25, -0.2) is 0 Å². The van der Waals surface area contributed by atoms with Crippen LogP contribution < -0.4 is 5.73 Å². The maximum absolute atomic E-state index is 13.0. The molecule has 1 heterocycles. The molecule has 3 rings (SSSR count). The van der Waals surface area contributed by atoms with Gasteiger partial charge < -0.3 is 15.7 Å². The summed E-state index contributed by atoms with van der Waals surface area (Å²) in [6, 6.07) is 10.1. The van der Waals surface area contributed by atoms with Crippen molar-refractivity contribution < 1.29 is 36.2 Å². The minimum atomic E-state index is -5.92. The van der Waals surface area contributed by atoms with Crippen LogP contribution in [0.1, 0.15) is 21.5 Å². The van der Waals surface area contributed by atoms with Gasteiger partial charge in [-0.3, -0.25) is 9.69 Å². The fraction of sp³-hybridized carbons (Fsp3) is 0.381. The molecule has 1 amide bonds. The lowest BCUT2D eigenvalue weighted by atomic mass is 9.91. The summed E-state index contributed by atoms with van der Waals surface area (Å²) in [5.41, 5.74) is 0.919. The van der Waals surface area contributed by atoms with Crippen LogP contribution in [0.15, 0.2) is 48.5 Å². The van der Waals surface area contributed by atoms with Crippen LogP contribution in [-0.4, -0.2) is 59.3 Å². The van der Waals surface area contributed by atoms with Crippen LogP contribution in [0.3, 0.4) is 0 Å². The Morgan fingerprint density at radius 2 is 1.34 bits per heavy atom. The minimum Gasteiger partial charge on any atom is -0.399 e. The van der Waals surface area contributed by atoms with Gasteiger partial charge in [-0.15, -0.1) is 0 Å². The Hall–Kier alpha value is -2.79. The normalized spacial score (nSPS) is 16.3. The second-order valence-electron chi connectivity index (χ2n) is 7.59. The number of carbonyl (C=O) groups is 1. The molecule has 0 unspecified atom stereocenters. The number of rotatable bonds is 4. The predicted molar refractivity (Wildman–Crippen MR) is 104 cm³/mol. The summed E-state index contributed by atoms with van der Waals surface area (Å²) in [6.45, 7) is 2.09. The van der Waals surface area contributed by atoms with Crippen molar-refractivity contribution in [3.05, 3.63) is 65.2 Å². The number of hydrogen-bond acceptors (Lipinski definition) is 4. The molecule has 2 aromatic rings. The number of carbonyl (C=O) groups excluding carboxylic acids is 1. The van der Waals surface area contributed by atoms with E-state index in [0.29, 0.717) is 55.1 Å². The Bertz CT molecular complexity index is 920. The van der Waals surface area contributed by atoms with Crippen molar-refractivity contribution in [3.63, 3.8) is 0 Å². The van der Waals surface area contributed by atoms with Gasteiger partial charge in [-0.1, -0.05) is 24.3 Å². The zero-order valence-electron chi connectivity index (χ0n) is 16.7. The first-order chi connectivity index (χ1) is 14.8. The third-order valence-electron chi connectivity index (χ3n) is 5.42. The molecule has 1 aliphatic heterocycles. The van der Waals surface area contributed by atoms with Gasteiger partial charge in [0.1, 0.15) is 0 Å². The van der Waals surface area contributed by atoms with E-state index in [1.807, 2.05) is 4.90 Å². The quantitative estimate of drug-likeness (QED) is 0.540. The van der Waals surface area contributed by atoms with E-state index in [4.69, 9.17) is 5.73 Å². The topological polar surface area (TPSA) is 69.8 Å². The number of amides is 1. The van der Waals surface area contributed by atoms with E-state index < -0.39 is 23.5 Å². The molecular weight excluding hydrogens is 440 g/mol. The van der Waals surface area contributed by atoms with Crippen LogP contribution in [0.25, 0.3) is 0 Å². The molecule has 3 N–H and O–H groups in total. The van der Waals surface area contributed by atoms with E-state index in [1.165, 1.54) is 0 Å². The average Bonchev–Trinajstić information content (AvgIpc) is 2.73. The maximum Gasteiger partial charge on any atom is 0.430 e. The molecule has 11 heteroatoms. The van der Waals surface area contributed by atoms with E-state index >= 15 is 0 Å². The zero-order chi connectivity index (χ0) is 23.7. The number of aliphatic hydroxyl groups is 1. The van der Waals surface area contributed by atoms with Crippen molar-refractivity contribution in [3.8, 4) is 0 Å². The van der Waals surface area contributed by atoms with E-state index in [2.05, 4.69) is 0 Å². The molecular formula is C21H21F6N3O2. The standard InChI is InChI=1S/C21H21F6N3O2/c22-20(23,24)19(32,21(25,26)27)16-5-1-14(2-6-16)13-29-9-11-30(12-10-29)18(31)15-3-7-17(28)8-4-15/h1-8,32H,9-13,28H2. The smallest absolute Gasteiger partial charge is 0.399 e. The molecule has 0 aliphatic carbocycles. The monoisotopic (exact) mass is 461 g/mol. The molecule has 0 bridgehead atoms. The van der Waals surface area contributed by atoms with E-state index in [9.17, 15) is 36.2 Å². The third kappa shape index (κ3) is 4.68. The van der Waals surface area contributed by atoms with Crippen LogP contribution in [-0.2, 0) is 12.1 Å². The van der Waals surface area contributed by atoms with Gasteiger partial charge in [0.25, 0.3) is 11.5 Å². The van der Waals surface area contributed by atoms with Crippen molar-refractivity contribution in [1.82, 2.24) is 9.80 Å². The minimum absolute atomic E-state index is 0.146. The second-order valence-corrected chi connectivity index (χ2v) is 7.59. The molecule has 0 saturated carbocycles. The lowest BCUT2D eigenvalue weighted by Crippen LogP contribution is -2.53. The number of alkyl halides is 6. The Balaban J connectivity index is 1.62. The van der Waals surface area contributed by atoms with Crippen LogP contribution in [0.4, 0.5) is 32.0 Å². The highest BCUT2D eigenvalue weighted by Crippen LogP contribution is 2.49. The maximum atomic E-state index is 13.0. The molecule has 0 spiro atoms. The number of benzene rings is 2. The van der Waals surface area contributed by atoms with Crippen molar-refractivity contribution in [2.45, 2.75) is 24.5 Å². The number of halogens is 6.